The monoisotopic (exact) mass is 268 g/mol. The van der Waals surface area contributed by atoms with Crippen LogP contribution in [0.1, 0.15) is 17.9 Å². The number of rotatable bonds is 2. The largest absolute Gasteiger partial charge is 0.493 e. The SMILES string of the molecule is Nc1ccc(NC(=O)C2CCOc3ccccc32)cc1. The molecule has 3 N–H and O–H groups in total. The Hall–Kier alpha value is -2.49. The van der Waals surface area contributed by atoms with E-state index in [0.29, 0.717) is 18.7 Å². The summed E-state index contributed by atoms with van der Waals surface area (Å²) < 4.78 is 5.57. The maximum atomic E-state index is 12.4. The van der Waals surface area contributed by atoms with E-state index in [-0.39, 0.29) is 11.8 Å². The van der Waals surface area contributed by atoms with Gasteiger partial charge in [0.15, 0.2) is 0 Å². The van der Waals surface area contributed by atoms with Crippen molar-refractivity contribution < 1.29 is 9.53 Å². The minimum Gasteiger partial charge on any atom is -0.493 e. The van der Waals surface area contributed by atoms with E-state index in [1.165, 1.54) is 0 Å². The first-order valence-corrected chi connectivity index (χ1v) is 6.62. The minimum atomic E-state index is -0.169. The van der Waals surface area contributed by atoms with E-state index in [9.17, 15) is 4.79 Å². The third-order valence-corrected chi connectivity index (χ3v) is 3.45. The van der Waals surface area contributed by atoms with Crippen LogP contribution in [0.25, 0.3) is 0 Å². The summed E-state index contributed by atoms with van der Waals surface area (Å²) in [5, 5.41) is 2.93. The number of fused-ring (bicyclic) bond motifs is 1. The third-order valence-electron chi connectivity index (χ3n) is 3.45. The van der Waals surface area contributed by atoms with Crippen LogP contribution in [-0.2, 0) is 4.79 Å². The molecule has 1 amide bonds. The molecule has 0 saturated carbocycles. The highest BCUT2D eigenvalue weighted by atomic mass is 16.5. The molecule has 4 heteroatoms. The molecule has 1 aliphatic heterocycles. The lowest BCUT2D eigenvalue weighted by Gasteiger charge is -2.25. The fourth-order valence-corrected chi connectivity index (χ4v) is 2.41. The maximum absolute atomic E-state index is 12.4. The van der Waals surface area contributed by atoms with Crippen LogP contribution in [0.3, 0.4) is 0 Å². The molecule has 1 heterocycles. The summed E-state index contributed by atoms with van der Waals surface area (Å²) in [4.78, 5) is 12.4. The van der Waals surface area contributed by atoms with Crippen molar-refractivity contribution in [2.45, 2.75) is 12.3 Å². The summed E-state index contributed by atoms with van der Waals surface area (Å²) >= 11 is 0. The van der Waals surface area contributed by atoms with Gasteiger partial charge >= 0.3 is 0 Å². The molecule has 4 nitrogen and oxygen atoms in total. The lowest BCUT2D eigenvalue weighted by Crippen LogP contribution is -2.26. The van der Waals surface area contributed by atoms with Gasteiger partial charge in [-0.3, -0.25) is 4.79 Å². The highest BCUT2D eigenvalue weighted by Crippen LogP contribution is 2.34. The number of nitrogen functional groups attached to an aromatic ring is 1. The molecule has 0 fully saturated rings. The Bertz CT molecular complexity index is 623. The van der Waals surface area contributed by atoms with Gasteiger partial charge in [0, 0.05) is 16.9 Å². The third kappa shape index (κ3) is 2.45. The van der Waals surface area contributed by atoms with Crippen LogP contribution >= 0.6 is 0 Å². The number of benzene rings is 2. The van der Waals surface area contributed by atoms with Crippen molar-refractivity contribution in [3.05, 3.63) is 54.1 Å². The fraction of sp³-hybridized carbons (Fsp3) is 0.188. The van der Waals surface area contributed by atoms with Crippen LogP contribution in [0, 0.1) is 0 Å². The molecular weight excluding hydrogens is 252 g/mol. The summed E-state index contributed by atoms with van der Waals surface area (Å²) in [6.45, 7) is 0.566. The highest BCUT2D eigenvalue weighted by molar-refractivity contribution is 5.96. The quantitative estimate of drug-likeness (QED) is 0.823. The predicted molar refractivity (Wildman–Crippen MR) is 78.8 cm³/mol. The van der Waals surface area contributed by atoms with Gasteiger partial charge in [0.1, 0.15) is 5.75 Å². The smallest absolute Gasteiger partial charge is 0.232 e. The summed E-state index contributed by atoms with van der Waals surface area (Å²) in [6.07, 6.45) is 0.692. The van der Waals surface area contributed by atoms with Gasteiger partial charge in [-0.15, -0.1) is 0 Å². The molecule has 3 rings (SSSR count). The first kappa shape index (κ1) is 12.5. The molecule has 0 spiro atoms. The zero-order valence-electron chi connectivity index (χ0n) is 11.0. The van der Waals surface area contributed by atoms with Gasteiger partial charge in [-0.05, 0) is 36.8 Å². The first-order chi connectivity index (χ1) is 9.74. The Labute approximate surface area is 117 Å². The van der Waals surface area contributed by atoms with E-state index in [0.717, 1.165) is 17.0 Å². The number of nitrogens with two attached hydrogens (primary N) is 1. The van der Waals surface area contributed by atoms with Gasteiger partial charge < -0.3 is 15.8 Å². The second-order valence-corrected chi connectivity index (χ2v) is 4.84. The Morgan fingerprint density at radius 2 is 1.90 bits per heavy atom. The van der Waals surface area contributed by atoms with Crippen molar-refractivity contribution in [2.24, 2.45) is 0 Å². The summed E-state index contributed by atoms with van der Waals surface area (Å²) in [6, 6.07) is 14.8. The molecule has 1 aliphatic rings. The topological polar surface area (TPSA) is 64.3 Å². The standard InChI is InChI=1S/C16H16N2O2/c17-11-5-7-12(8-6-11)18-16(19)14-9-10-20-15-4-2-1-3-13(14)15/h1-8,14H,9-10,17H2,(H,18,19). The van der Waals surface area contributed by atoms with E-state index < -0.39 is 0 Å². The van der Waals surface area contributed by atoms with Gasteiger partial charge in [0.05, 0.1) is 12.5 Å². The van der Waals surface area contributed by atoms with Crippen LogP contribution in [0.4, 0.5) is 11.4 Å². The average molecular weight is 268 g/mol. The van der Waals surface area contributed by atoms with E-state index >= 15 is 0 Å². The number of para-hydroxylation sites is 1. The maximum Gasteiger partial charge on any atom is 0.232 e. The minimum absolute atomic E-state index is 0.00878. The highest BCUT2D eigenvalue weighted by Gasteiger charge is 2.27. The first-order valence-electron chi connectivity index (χ1n) is 6.62. The van der Waals surface area contributed by atoms with Crippen LogP contribution in [0.5, 0.6) is 5.75 Å². The van der Waals surface area contributed by atoms with Crippen molar-refractivity contribution >= 4 is 17.3 Å². The van der Waals surface area contributed by atoms with Gasteiger partial charge in [0.2, 0.25) is 5.91 Å². The average Bonchev–Trinajstić information content (AvgIpc) is 2.49. The van der Waals surface area contributed by atoms with Crippen molar-refractivity contribution in [2.75, 3.05) is 17.7 Å². The number of hydrogen-bond acceptors (Lipinski definition) is 3. The lowest BCUT2D eigenvalue weighted by molar-refractivity contribution is -0.118. The number of carbonyl (C=O) groups excluding carboxylic acids is 1. The Balaban J connectivity index is 1.80. The molecule has 20 heavy (non-hydrogen) atoms. The number of nitrogens with one attached hydrogen (secondary N) is 1. The Morgan fingerprint density at radius 1 is 1.15 bits per heavy atom. The van der Waals surface area contributed by atoms with Gasteiger partial charge in [-0.25, -0.2) is 0 Å². The zero-order chi connectivity index (χ0) is 13.9. The van der Waals surface area contributed by atoms with Crippen LogP contribution in [0.15, 0.2) is 48.5 Å². The van der Waals surface area contributed by atoms with E-state index in [1.54, 1.807) is 24.3 Å². The van der Waals surface area contributed by atoms with Crippen molar-refractivity contribution in [1.29, 1.82) is 0 Å². The summed E-state index contributed by atoms with van der Waals surface area (Å²) in [5.41, 5.74) is 8.02. The molecule has 2 aromatic carbocycles. The number of anilines is 2. The molecule has 1 atom stereocenters. The lowest BCUT2D eigenvalue weighted by atomic mass is 9.92. The van der Waals surface area contributed by atoms with Gasteiger partial charge in [-0.2, -0.15) is 0 Å². The van der Waals surface area contributed by atoms with Gasteiger partial charge in [0.25, 0.3) is 0 Å². The Morgan fingerprint density at radius 3 is 2.70 bits per heavy atom. The molecule has 1 unspecified atom stereocenters. The molecule has 0 saturated heterocycles. The normalized spacial score (nSPS) is 16.9. The number of ether oxygens (including phenoxy) is 1. The second kappa shape index (κ2) is 5.25. The van der Waals surface area contributed by atoms with Crippen molar-refractivity contribution in [3.8, 4) is 5.75 Å². The number of amides is 1. The fourth-order valence-electron chi connectivity index (χ4n) is 2.41. The second-order valence-electron chi connectivity index (χ2n) is 4.84. The molecular formula is C16H16N2O2. The van der Waals surface area contributed by atoms with Crippen LogP contribution in [-0.4, -0.2) is 12.5 Å². The Kier molecular flexibility index (Phi) is 3.29. The van der Waals surface area contributed by atoms with Crippen LogP contribution in [0.2, 0.25) is 0 Å². The van der Waals surface area contributed by atoms with Crippen LogP contribution < -0.4 is 15.8 Å². The molecule has 0 aliphatic carbocycles. The molecule has 0 radical (unpaired) electrons. The summed E-state index contributed by atoms with van der Waals surface area (Å²) in [5.74, 6) is 0.624. The van der Waals surface area contributed by atoms with E-state index in [4.69, 9.17) is 10.5 Å². The molecule has 0 bridgehead atoms. The van der Waals surface area contributed by atoms with E-state index in [1.807, 2.05) is 24.3 Å². The number of carbonyl (C=O) groups is 1. The predicted octanol–water partition coefficient (Wildman–Crippen LogP) is 2.77. The number of hydrogen-bond donors (Lipinski definition) is 2. The summed E-state index contributed by atoms with van der Waals surface area (Å²) in [7, 11) is 0. The van der Waals surface area contributed by atoms with Gasteiger partial charge in [-0.1, -0.05) is 18.2 Å². The molecule has 2 aromatic rings. The molecule has 102 valence electrons. The zero-order valence-corrected chi connectivity index (χ0v) is 11.0. The van der Waals surface area contributed by atoms with Crippen molar-refractivity contribution in [3.63, 3.8) is 0 Å². The molecule has 0 aromatic heterocycles. The van der Waals surface area contributed by atoms with Crippen molar-refractivity contribution in [1.82, 2.24) is 0 Å². The van der Waals surface area contributed by atoms with E-state index in [2.05, 4.69) is 5.32 Å².